The summed E-state index contributed by atoms with van der Waals surface area (Å²) in [6, 6.07) is -9.52. The molecule has 7 rings (SSSR count). The molecule has 7 aliphatic rings. The number of aliphatic hydroxyl groups is 8. The van der Waals surface area contributed by atoms with Crippen molar-refractivity contribution in [3.8, 4) is 0 Å². The molecule has 69 nitrogen and oxygen atoms in total. The van der Waals surface area contributed by atoms with E-state index in [1.54, 1.807) is 0 Å². The first-order valence-corrected chi connectivity index (χ1v) is 45.0. The zero-order valence-electron chi connectivity index (χ0n) is 57.6. The zero-order valence-corrected chi connectivity index (χ0v) is 65.8. The number of carboxylic acid groups (broad SMARTS) is 4. The Morgan fingerprint density at radius 2 is 0.612 bits per heavy atom. The molecule has 0 radical (unpaired) electrons. The Hall–Kier alpha value is -4.68. The lowest BCUT2D eigenvalue weighted by Crippen LogP contribution is -2.71. The van der Waals surface area contributed by atoms with Gasteiger partial charge in [0.2, 0.25) is 12.0 Å². The normalized spacial score (nSPS) is 38.6. The Bertz CT molecular complexity index is 4960. The molecule has 25 N–H and O–H groups in total. The molecule has 704 valence electrons. The first-order chi connectivity index (χ1) is 54.8. The molecule has 0 saturated carbocycles. The molecule has 7 aliphatic heterocycles. The number of carboxylic acids is 4. The zero-order chi connectivity index (χ0) is 92.0. The minimum absolute atomic E-state index is 0.190. The first kappa shape index (κ1) is 103. The predicted molar refractivity (Wildman–Crippen MR) is 343 cm³/mol. The lowest BCUT2D eigenvalue weighted by molar-refractivity contribution is -0.376. The Morgan fingerprint density at radius 3 is 0.983 bits per heavy atom. The number of hydrogen-bond donors (Lipinski definition) is 25. The van der Waals surface area contributed by atoms with Crippen molar-refractivity contribution in [2.75, 3.05) is 19.8 Å². The molecule has 0 aliphatic carbocycles. The SMILES string of the molecule is O=C(O)C1=C[C@H](O)[C@@H](OS(=O)(=O)O)[C@H](O[C@H]2[C@H](O)[C@@H](NS(=O)(=O)O)[C@@H](O[C@H]3[C@H](O)[C@@H](O)[C@H](O[C@H]4[C@H](OS(=O)(=O)O)[C@@H](NS(=O)(=O)O)[C@@H](O[C@H]5[C@H](O)[C@@H](OS(=O)(=O)O)[C@H](O[C@H]6[C@H](O)[C@@H](NS(=O)(=O)O)[C@@H](O[C@H]7[C@H](O)[C@@H](OS(=O)(=O)O)C(O)O[C@@H]7C(=O)O)O[C@@H]6COS(=O)(=O)O)O[C@H]5C(=O)O)O[C@@H]4COS(=O)(=O)O)O[C@@H]3C(=O)O)O[C@@H]2COS(=O)(=O)O)O1. The molecule has 79 heteroatoms. The fourth-order valence-electron chi connectivity index (χ4n) is 11.9. The fourth-order valence-corrected chi connectivity index (χ4v) is 16.6. The molecular formula is C42H65N3O66S10. The van der Waals surface area contributed by atoms with Crippen LogP contribution in [0.15, 0.2) is 11.8 Å². The van der Waals surface area contributed by atoms with Crippen molar-refractivity contribution in [1.29, 1.82) is 0 Å². The molecule has 0 spiro atoms. The second-order valence-corrected chi connectivity index (χ2v) is 35.8. The Labute approximate surface area is 673 Å². The summed E-state index contributed by atoms with van der Waals surface area (Å²) in [5.41, 5.74) is 0. The Morgan fingerprint density at radius 1 is 0.306 bits per heavy atom. The number of ether oxygens (including phenoxy) is 13. The van der Waals surface area contributed by atoms with Crippen molar-refractivity contribution < 1.29 is 301 Å². The van der Waals surface area contributed by atoms with E-state index in [1.165, 1.54) is 4.72 Å². The highest BCUT2D eigenvalue weighted by Crippen LogP contribution is 2.41. The van der Waals surface area contributed by atoms with Crippen LogP contribution in [0.5, 0.6) is 0 Å². The van der Waals surface area contributed by atoms with Crippen LogP contribution in [0.1, 0.15) is 0 Å². The van der Waals surface area contributed by atoms with Gasteiger partial charge >= 0.3 is 128 Å². The van der Waals surface area contributed by atoms with Crippen LogP contribution in [-0.4, -0.2) is 437 Å². The van der Waals surface area contributed by atoms with E-state index in [0.29, 0.717) is 0 Å². The van der Waals surface area contributed by atoms with E-state index in [-0.39, 0.29) is 6.08 Å². The van der Waals surface area contributed by atoms with Gasteiger partial charge in [-0.05, 0) is 6.08 Å². The van der Waals surface area contributed by atoms with Crippen LogP contribution in [0, 0.1) is 0 Å². The van der Waals surface area contributed by atoms with Crippen LogP contribution in [0.4, 0.5) is 0 Å². The number of hydrogen-bond acceptors (Lipinski definition) is 52. The van der Waals surface area contributed by atoms with E-state index in [9.17, 15) is 210 Å². The molecule has 0 aromatic heterocycles. The number of carbonyl (C=O) groups is 4. The molecule has 121 heavy (non-hydrogen) atoms. The smallest absolute Gasteiger partial charge is 0.397 e. The minimum atomic E-state index is -6.57. The predicted octanol–water partition coefficient (Wildman–Crippen LogP) is -17.8. The molecule has 0 bridgehead atoms. The van der Waals surface area contributed by atoms with Gasteiger partial charge in [0.25, 0.3) is 0 Å². The van der Waals surface area contributed by atoms with E-state index in [4.69, 9.17) is 56.8 Å². The average molecular weight is 1990 g/mol. The van der Waals surface area contributed by atoms with Crippen molar-refractivity contribution in [3.63, 3.8) is 0 Å². The van der Waals surface area contributed by atoms with Gasteiger partial charge < -0.3 is 123 Å². The van der Waals surface area contributed by atoms with Gasteiger partial charge in [0.1, 0.15) is 122 Å². The van der Waals surface area contributed by atoms with Crippen LogP contribution in [0.25, 0.3) is 0 Å². The molecule has 33 atom stereocenters. The van der Waals surface area contributed by atoms with Crippen molar-refractivity contribution in [2.24, 2.45) is 0 Å². The lowest BCUT2D eigenvalue weighted by atomic mass is 9.94. The van der Waals surface area contributed by atoms with E-state index in [0.717, 1.165) is 9.44 Å². The quantitative estimate of drug-likeness (QED) is 0.0254. The second-order valence-electron chi connectivity index (χ2n) is 24.7. The number of aliphatic hydroxyl groups excluding tert-OH is 8. The summed E-state index contributed by atoms with van der Waals surface area (Å²) in [5.74, 6) is -11.2. The highest BCUT2D eigenvalue weighted by Gasteiger charge is 2.63. The van der Waals surface area contributed by atoms with Gasteiger partial charge in [0.05, 0.1) is 19.8 Å². The topological polar surface area (TPSA) is 1080 Å². The lowest BCUT2D eigenvalue weighted by Gasteiger charge is -2.50. The standard InChI is InChI=1S/C42H65N3O66S10/c46-5-1-6(32(53)54)95-41(19(5)108-118(80,81)82)100-20-7(2-92-115(71,72)73)96-37(10(13(20)47)43-112(62,63)64)103-24-15(49)16(50)40(106-30(24)34(57)58)102-22-9(4-94-117(77,78)79)98-39(12(45-114(68,69)70)23(22)109-119(83,84)85)105-26-18(52)28(111-121(89,90)91)42(107-31(26)35(59)60)101-21-8(3-93-116(74,75)76)97-38(11(14(21)48)44-113(65,66)67)104-25-17(51)27(110-120(86,87)88)36(61)99-29(25)33(55)56/h1,5,7-31,36-52,61H,2-4H2,(H,53,54)(H,55,56)(H,57,58)(H,59,60)(H,62,63,64)(H,65,66,67)(H,68,69,70)(H,71,72,73)(H,74,75,76)(H,77,78,79)(H,80,81,82)(H,83,84,85)(H,86,87,88)(H,89,90,91)/t5-,7+,8+,9+,10+,11+,12+,13+,14+,15+,16+,17-,18-,19+,20+,21+,22+,23+,24-,25-,26-,27+,28+,29-,30-,31+,36?,37+,38+,39+,40+,41-,42+/m0/s1. The summed E-state index contributed by atoms with van der Waals surface area (Å²) < 4.78 is 445. The largest absolute Gasteiger partial charge is 0.479 e. The van der Waals surface area contributed by atoms with Crippen LogP contribution in [0.2, 0.25) is 0 Å². The summed E-state index contributed by atoms with van der Waals surface area (Å²) in [6.07, 6.45) is -94.0. The van der Waals surface area contributed by atoms with Crippen molar-refractivity contribution in [3.05, 3.63) is 11.8 Å². The van der Waals surface area contributed by atoms with Crippen LogP contribution < -0.4 is 14.2 Å². The summed E-state index contributed by atoms with van der Waals surface area (Å²) in [6.45, 7) is -6.02. The van der Waals surface area contributed by atoms with E-state index in [1.807, 2.05) is 0 Å². The Balaban J connectivity index is 1.27. The molecule has 0 amide bonds. The van der Waals surface area contributed by atoms with Gasteiger partial charge in [-0.25, -0.2) is 48.5 Å². The molecule has 1 unspecified atom stereocenters. The van der Waals surface area contributed by atoms with Gasteiger partial charge in [0.15, 0.2) is 74.4 Å². The first-order valence-electron chi connectivity index (χ1n) is 31.1. The Kier molecular flexibility index (Phi) is 33.4. The van der Waals surface area contributed by atoms with Crippen LogP contribution >= 0.6 is 0 Å². The molecule has 0 aromatic rings. The number of rotatable bonds is 39. The summed E-state index contributed by atoms with van der Waals surface area (Å²) in [5, 5.41) is 132. The highest BCUT2D eigenvalue weighted by atomic mass is 32.3. The van der Waals surface area contributed by atoms with E-state index >= 15 is 0 Å². The average Bonchev–Trinajstić information content (AvgIpc) is 0.760. The number of nitrogens with one attached hydrogen (secondary N) is 3. The van der Waals surface area contributed by atoms with Gasteiger partial charge in [-0.3, -0.25) is 45.5 Å². The monoisotopic (exact) mass is 1990 g/mol. The van der Waals surface area contributed by atoms with E-state index < -0.39 is 356 Å². The molecule has 6 saturated heterocycles. The molecule has 7 heterocycles. The maximum Gasteiger partial charge on any atom is 0.397 e. The molecule has 0 aromatic carbocycles. The van der Waals surface area contributed by atoms with Crippen LogP contribution in [-0.2, 0) is 214 Å². The van der Waals surface area contributed by atoms with Gasteiger partial charge in [-0.2, -0.15) is 98.3 Å². The van der Waals surface area contributed by atoms with Crippen molar-refractivity contribution in [1.82, 2.24) is 14.2 Å². The maximum atomic E-state index is 13.3. The summed E-state index contributed by atoms with van der Waals surface area (Å²) in [7, 11) is -60.9. The summed E-state index contributed by atoms with van der Waals surface area (Å²) >= 11 is 0. The van der Waals surface area contributed by atoms with Gasteiger partial charge in [-0.15, -0.1) is 0 Å². The van der Waals surface area contributed by atoms with Gasteiger partial charge in [0, 0.05) is 0 Å². The third kappa shape index (κ3) is 29.4. The summed E-state index contributed by atoms with van der Waals surface area (Å²) in [4.78, 5) is 50.7. The van der Waals surface area contributed by atoms with Crippen LogP contribution in [0.3, 0.4) is 0 Å². The molecular weight excluding hydrogens is 1920 g/mol. The second kappa shape index (κ2) is 39.1. The third-order valence-corrected chi connectivity index (χ3v) is 21.3. The van der Waals surface area contributed by atoms with Gasteiger partial charge in [-0.1, -0.05) is 0 Å². The van der Waals surface area contributed by atoms with Crippen molar-refractivity contribution >= 4 is 128 Å². The highest BCUT2D eigenvalue weighted by molar-refractivity contribution is 7.84. The number of aliphatic carboxylic acids is 4. The van der Waals surface area contributed by atoms with Crippen molar-refractivity contribution in [2.45, 2.75) is 203 Å². The third-order valence-electron chi connectivity index (χ3n) is 16.4. The minimum Gasteiger partial charge on any atom is -0.479 e. The maximum absolute atomic E-state index is 13.3. The fraction of sp³-hybridized carbons (Fsp3) is 0.857. The molecule has 6 fully saturated rings. The van der Waals surface area contributed by atoms with E-state index in [2.05, 4.69) is 34.0 Å².